The fraction of sp³-hybridized carbons (Fsp3) is 0.733. The molecule has 5 heteroatoms. The molecule has 5 nitrogen and oxygen atoms in total. The lowest BCUT2D eigenvalue weighted by Gasteiger charge is -2.28. The summed E-state index contributed by atoms with van der Waals surface area (Å²) in [6.45, 7) is 0.451. The van der Waals surface area contributed by atoms with Gasteiger partial charge in [-0.2, -0.15) is 0 Å². The number of aliphatic carboxylic acids is 1. The van der Waals surface area contributed by atoms with Gasteiger partial charge >= 0.3 is 12.0 Å². The Morgan fingerprint density at radius 3 is 2.55 bits per heavy atom. The van der Waals surface area contributed by atoms with E-state index in [0.717, 1.165) is 44.9 Å². The second kappa shape index (κ2) is 7.31. The number of hydrogen-bond acceptors (Lipinski definition) is 2. The predicted molar refractivity (Wildman–Crippen MR) is 76.5 cm³/mol. The van der Waals surface area contributed by atoms with Gasteiger partial charge in [0.05, 0.1) is 0 Å². The molecule has 1 unspecified atom stereocenters. The number of nitrogens with one attached hydrogen (secondary N) is 1. The number of amides is 2. The largest absolute Gasteiger partial charge is 0.480 e. The maximum atomic E-state index is 12.2. The summed E-state index contributed by atoms with van der Waals surface area (Å²) < 4.78 is 0. The number of hydrogen-bond donors (Lipinski definition) is 2. The SMILES string of the molecule is O=C(O)CN(C(=O)NCC1CC=CCC1)C1CCCC1. The van der Waals surface area contributed by atoms with E-state index in [1.54, 1.807) is 0 Å². The molecule has 0 bridgehead atoms. The fourth-order valence-corrected chi connectivity index (χ4v) is 3.10. The average Bonchev–Trinajstić information content (AvgIpc) is 2.97. The van der Waals surface area contributed by atoms with Crippen LogP contribution in [0.4, 0.5) is 4.79 Å². The van der Waals surface area contributed by atoms with Crippen LogP contribution in [0.25, 0.3) is 0 Å². The van der Waals surface area contributed by atoms with Crippen molar-refractivity contribution in [2.75, 3.05) is 13.1 Å². The van der Waals surface area contributed by atoms with Crippen LogP contribution in [0.5, 0.6) is 0 Å². The fourth-order valence-electron chi connectivity index (χ4n) is 3.10. The number of carboxylic acid groups (broad SMARTS) is 1. The molecule has 0 aromatic heterocycles. The van der Waals surface area contributed by atoms with E-state index in [1.807, 2.05) is 0 Å². The van der Waals surface area contributed by atoms with Gasteiger partial charge in [-0.05, 0) is 38.0 Å². The first kappa shape index (κ1) is 14.9. The molecule has 0 saturated heterocycles. The molecule has 1 fully saturated rings. The van der Waals surface area contributed by atoms with Crippen molar-refractivity contribution in [2.45, 2.75) is 51.0 Å². The normalized spacial score (nSPS) is 22.7. The first-order valence-electron chi connectivity index (χ1n) is 7.58. The van der Waals surface area contributed by atoms with Gasteiger partial charge in [-0.25, -0.2) is 4.79 Å². The van der Waals surface area contributed by atoms with Gasteiger partial charge in [0, 0.05) is 12.6 Å². The summed E-state index contributed by atoms with van der Waals surface area (Å²) in [5, 5.41) is 11.9. The number of carbonyl (C=O) groups excluding carboxylic acids is 1. The van der Waals surface area contributed by atoms with Crippen LogP contribution in [-0.2, 0) is 4.79 Å². The van der Waals surface area contributed by atoms with Gasteiger partial charge in [-0.3, -0.25) is 4.79 Å². The highest BCUT2D eigenvalue weighted by atomic mass is 16.4. The number of allylic oxidation sites excluding steroid dienone is 2. The molecule has 0 aromatic rings. The number of nitrogens with zero attached hydrogens (tertiary/aromatic N) is 1. The average molecular weight is 280 g/mol. The quantitative estimate of drug-likeness (QED) is 0.760. The van der Waals surface area contributed by atoms with Gasteiger partial charge in [0.25, 0.3) is 0 Å². The second-order valence-electron chi connectivity index (χ2n) is 5.80. The van der Waals surface area contributed by atoms with E-state index < -0.39 is 5.97 Å². The second-order valence-corrected chi connectivity index (χ2v) is 5.80. The molecule has 2 N–H and O–H groups in total. The van der Waals surface area contributed by atoms with Crippen molar-refractivity contribution in [3.8, 4) is 0 Å². The van der Waals surface area contributed by atoms with Gasteiger partial charge in [0.15, 0.2) is 0 Å². The van der Waals surface area contributed by atoms with Crippen molar-refractivity contribution in [3.63, 3.8) is 0 Å². The van der Waals surface area contributed by atoms with E-state index in [9.17, 15) is 9.59 Å². The third-order valence-corrected chi connectivity index (χ3v) is 4.25. The van der Waals surface area contributed by atoms with Crippen LogP contribution in [-0.4, -0.2) is 41.1 Å². The molecular weight excluding hydrogens is 256 g/mol. The molecule has 2 amide bonds. The first-order valence-corrected chi connectivity index (χ1v) is 7.58. The van der Waals surface area contributed by atoms with Crippen molar-refractivity contribution in [2.24, 2.45) is 5.92 Å². The number of rotatable bonds is 5. The monoisotopic (exact) mass is 280 g/mol. The summed E-state index contributed by atoms with van der Waals surface area (Å²) >= 11 is 0. The summed E-state index contributed by atoms with van der Waals surface area (Å²) in [5.41, 5.74) is 0. The molecule has 1 saturated carbocycles. The first-order chi connectivity index (χ1) is 9.66. The zero-order valence-corrected chi connectivity index (χ0v) is 11.9. The molecule has 0 aliphatic heterocycles. The van der Waals surface area contributed by atoms with E-state index >= 15 is 0 Å². The van der Waals surface area contributed by atoms with Gasteiger partial charge < -0.3 is 15.3 Å². The van der Waals surface area contributed by atoms with Crippen LogP contribution < -0.4 is 5.32 Å². The van der Waals surface area contributed by atoms with Gasteiger partial charge in [-0.1, -0.05) is 25.0 Å². The molecule has 112 valence electrons. The van der Waals surface area contributed by atoms with E-state index in [4.69, 9.17) is 5.11 Å². The predicted octanol–water partition coefficient (Wildman–Crippen LogP) is 2.38. The molecule has 2 aliphatic rings. The molecular formula is C15H24N2O3. The van der Waals surface area contributed by atoms with Crippen LogP contribution in [0, 0.1) is 5.92 Å². The highest BCUT2D eigenvalue weighted by Gasteiger charge is 2.28. The number of carbonyl (C=O) groups is 2. The Hall–Kier alpha value is -1.52. The molecule has 0 radical (unpaired) electrons. The Bertz CT molecular complexity index is 375. The Kier molecular flexibility index (Phi) is 5.44. The van der Waals surface area contributed by atoms with Crippen LogP contribution in [0.15, 0.2) is 12.2 Å². The lowest BCUT2D eigenvalue weighted by atomic mass is 9.94. The molecule has 2 aliphatic carbocycles. The summed E-state index contributed by atoms with van der Waals surface area (Å²) in [4.78, 5) is 24.7. The van der Waals surface area contributed by atoms with Crippen molar-refractivity contribution in [3.05, 3.63) is 12.2 Å². The van der Waals surface area contributed by atoms with Crippen LogP contribution in [0.1, 0.15) is 44.9 Å². The van der Waals surface area contributed by atoms with Crippen molar-refractivity contribution in [1.29, 1.82) is 0 Å². The zero-order valence-electron chi connectivity index (χ0n) is 11.9. The summed E-state index contributed by atoms with van der Waals surface area (Å²) in [7, 11) is 0. The molecule has 0 aromatic carbocycles. The summed E-state index contributed by atoms with van der Waals surface area (Å²) in [6, 6.07) is -0.119. The maximum absolute atomic E-state index is 12.2. The smallest absolute Gasteiger partial charge is 0.323 e. The minimum atomic E-state index is -0.937. The van der Waals surface area contributed by atoms with E-state index in [2.05, 4.69) is 17.5 Å². The van der Waals surface area contributed by atoms with Gasteiger partial charge in [0.1, 0.15) is 6.54 Å². The number of carboxylic acids is 1. The van der Waals surface area contributed by atoms with Crippen molar-refractivity contribution >= 4 is 12.0 Å². The molecule has 1 atom stereocenters. The minimum absolute atomic E-state index is 0.0948. The van der Waals surface area contributed by atoms with Crippen molar-refractivity contribution in [1.82, 2.24) is 10.2 Å². The Morgan fingerprint density at radius 2 is 1.95 bits per heavy atom. The van der Waals surface area contributed by atoms with Gasteiger partial charge in [0.2, 0.25) is 0 Å². The lowest BCUT2D eigenvalue weighted by molar-refractivity contribution is -0.138. The summed E-state index contributed by atoms with van der Waals surface area (Å²) in [6.07, 6.45) is 11.5. The van der Waals surface area contributed by atoms with Crippen LogP contribution in [0.2, 0.25) is 0 Å². The highest BCUT2D eigenvalue weighted by Crippen LogP contribution is 2.23. The Morgan fingerprint density at radius 1 is 1.20 bits per heavy atom. The lowest BCUT2D eigenvalue weighted by Crippen LogP contribution is -2.48. The van der Waals surface area contributed by atoms with Crippen LogP contribution in [0.3, 0.4) is 0 Å². The third-order valence-electron chi connectivity index (χ3n) is 4.25. The van der Waals surface area contributed by atoms with Gasteiger partial charge in [-0.15, -0.1) is 0 Å². The topological polar surface area (TPSA) is 69.6 Å². The highest BCUT2D eigenvalue weighted by molar-refractivity contribution is 5.80. The third kappa shape index (κ3) is 4.25. The molecule has 0 spiro atoms. The molecule has 2 rings (SSSR count). The standard InChI is InChI=1S/C15H24N2O3/c18-14(19)11-17(13-8-4-5-9-13)15(20)16-10-12-6-2-1-3-7-12/h1-2,12-13H,3-11H2,(H,16,20)(H,18,19). The number of urea groups is 1. The molecule has 0 heterocycles. The Labute approximate surface area is 120 Å². The van der Waals surface area contributed by atoms with E-state index in [1.165, 1.54) is 4.90 Å². The van der Waals surface area contributed by atoms with E-state index in [-0.39, 0.29) is 18.6 Å². The van der Waals surface area contributed by atoms with Crippen molar-refractivity contribution < 1.29 is 14.7 Å². The molecule has 20 heavy (non-hydrogen) atoms. The maximum Gasteiger partial charge on any atom is 0.323 e. The minimum Gasteiger partial charge on any atom is -0.480 e. The summed E-state index contributed by atoms with van der Waals surface area (Å²) in [5.74, 6) is -0.452. The zero-order chi connectivity index (χ0) is 14.4. The van der Waals surface area contributed by atoms with E-state index in [0.29, 0.717) is 12.5 Å². The Balaban J connectivity index is 1.84. The van der Waals surface area contributed by atoms with Crippen LogP contribution >= 0.6 is 0 Å².